The lowest BCUT2D eigenvalue weighted by atomic mass is 10.1. The molecule has 0 radical (unpaired) electrons. The third-order valence-electron chi connectivity index (χ3n) is 2.59. The van der Waals surface area contributed by atoms with Gasteiger partial charge in [0, 0.05) is 6.42 Å². The molecule has 6 heteroatoms. The van der Waals surface area contributed by atoms with E-state index in [0.717, 1.165) is 25.7 Å². The Kier molecular flexibility index (Phi) is 12.2. The molecule has 0 aliphatic carbocycles. The third-order valence-corrected chi connectivity index (χ3v) is 2.59. The minimum absolute atomic E-state index is 0. The van der Waals surface area contributed by atoms with E-state index in [9.17, 15) is 9.59 Å². The highest BCUT2D eigenvalue weighted by Gasteiger charge is 2.23. The summed E-state index contributed by atoms with van der Waals surface area (Å²) in [6.07, 6.45) is 4.80. The number of unbranched alkanes of at least 4 members (excludes halogenated alkanes) is 4. The van der Waals surface area contributed by atoms with Crippen LogP contribution < -0.4 is 5.73 Å². The largest absolute Gasteiger partial charge is 0.480 e. The van der Waals surface area contributed by atoms with Crippen molar-refractivity contribution in [2.45, 2.75) is 64.5 Å². The van der Waals surface area contributed by atoms with Gasteiger partial charge in [-0.15, -0.1) is 12.4 Å². The van der Waals surface area contributed by atoms with Crippen molar-refractivity contribution in [1.29, 1.82) is 0 Å². The summed E-state index contributed by atoms with van der Waals surface area (Å²) in [4.78, 5) is 21.9. The highest BCUT2D eigenvalue weighted by atomic mass is 35.5. The van der Waals surface area contributed by atoms with Crippen LogP contribution in [0.1, 0.15) is 52.4 Å². The summed E-state index contributed by atoms with van der Waals surface area (Å²) in [5.41, 5.74) is 5.33. The van der Waals surface area contributed by atoms with Gasteiger partial charge in [-0.3, -0.25) is 9.59 Å². The van der Waals surface area contributed by atoms with Gasteiger partial charge in [0.05, 0.1) is 0 Å². The lowest BCUT2D eigenvalue weighted by molar-refractivity contribution is -0.153. The van der Waals surface area contributed by atoms with E-state index >= 15 is 0 Å². The Morgan fingerprint density at radius 3 is 2.28 bits per heavy atom. The van der Waals surface area contributed by atoms with Gasteiger partial charge in [0.2, 0.25) is 0 Å². The van der Waals surface area contributed by atoms with Crippen molar-refractivity contribution in [1.82, 2.24) is 0 Å². The van der Waals surface area contributed by atoms with Gasteiger partial charge < -0.3 is 15.6 Å². The number of hydrogen-bond acceptors (Lipinski definition) is 4. The van der Waals surface area contributed by atoms with Gasteiger partial charge in [0.15, 0.2) is 0 Å². The SMILES string of the molecule is CCCCCCCC(=O)O[C@H](C)[C@H](N)C(=O)O.Cl. The van der Waals surface area contributed by atoms with Gasteiger partial charge in [-0.1, -0.05) is 32.6 Å². The second kappa shape index (κ2) is 11.3. The Hall–Kier alpha value is -0.810. The summed E-state index contributed by atoms with van der Waals surface area (Å²) in [5.74, 6) is -1.53. The van der Waals surface area contributed by atoms with Crippen LogP contribution in [0.2, 0.25) is 0 Å². The number of carboxylic acid groups (broad SMARTS) is 1. The van der Waals surface area contributed by atoms with E-state index in [0.29, 0.717) is 6.42 Å². The molecule has 0 saturated carbocycles. The van der Waals surface area contributed by atoms with Crippen LogP contribution in [0.3, 0.4) is 0 Å². The standard InChI is InChI=1S/C12H23NO4.ClH/c1-3-4-5-6-7-8-10(14)17-9(2)11(13)12(15)16;/h9,11H,3-8,13H2,1-2H3,(H,15,16);1H/t9-,11+;/m1./s1. The highest BCUT2D eigenvalue weighted by molar-refractivity contribution is 5.85. The van der Waals surface area contributed by atoms with Crippen molar-refractivity contribution < 1.29 is 19.4 Å². The summed E-state index contributed by atoms with van der Waals surface area (Å²) < 4.78 is 4.94. The number of nitrogens with two attached hydrogens (primary N) is 1. The van der Waals surface area contributed by atoms with Gasteiger partial charge in [-0.05, 0) is 13.3 Å². The van der Waals surface area contributed by atoms with Crippen molar-refractivity contribution in [2.24, 2.45) is 5.73 Å². The van der Waals surface area contributed by atoms with E-state index in [1.54, 1.807) is 0 Å². The molecule has 0 heterocycles. The molecule has 0 rings (SSSR count). The Morgan fingerprint density at radius 2 is 1.78 bits per heavy atom. The van der Waals surface area contributed by atoms with Crippen molar-refractivity contribution in [2.75, 3.05) is 0 Å². The van der Waals surface area contributed by atoms with E-state index in [4.69, 9.17) is 15.6 Å². The molecule has 0 aliphatic rings. The molecule has 0 amide bonds. The molecule has 0 aliphatic heterocycles. The molecule has 0 spiro atoms. The number of ether oxygens (including phenoxy) is 1. The Labute approximate surface area is 114 Å². The van der Waals surface area contributed by atoms with Crippen molar-refractivity contribution in [3.8, 4) is 0 Å². The van der Waals surface area contributed by atoms with E-state index in [1.807, 2.05) is 0 Å². The predicted molar refractivity (Wildman–Crippen MR) is 71.8 cm³/mol. The number of carbonyl (C=O) groups is 2. The quantitative estimate of drug-likeness (QED) is 0.499. The van der Waals surface area contributed by atoms with E-state index in [1.165, 1.54) is 13.3 Å². The first-order chi connectivity index (χ1) is 7.99. The summed E-state index contributed by atoms with van der Waals surface area (Å²) in [6.45, 7) is 3.62. The maximum atomic E-state index is 11.3. The topological polar surface area (TPSA) is 89.6 Å². The third kappa shape index (κ3) is 9.24. The number of rotatable bonds is 9. The lowest BCUT2D eigenvalue weighted by Gasteiger charge is -2.16. The van der Waals surface area contributed by atoms with Crippen LogP contribution in [0, 0.1) is 0 Å². The zero-order valence-corrected chi connectivity index (χ0v) is 11.9. The molecule has 0 aromatic heterocycles. The number of esters is 1. The van der Waals surface area contributed by atoms with E-state index in [2.05, 4.69) is 6.92 Å². The highest BCUT2D eigenvalue weighted by Crippen LogP contribution is 2.07. The number of halogens is 1. The van der Waals surface area contributed by atoms with Crippen LogP contribution in [0.5, 0.6) is 0 Å². The molecule has 0 aromatic carbocycles. The molecule has 0 saturated heterocycles. The second-order valence-corrected chi connectivity index (χ2v) is 4.22. The Morgan fingerprint density at radius 1 is 1.22 bits per heavy atom. The molecule has 0 fully saturated rings. The van der Waals surface area contributed by atoms with Crippen LogP contribution in [-0.4, -0.2) is 29.2 Å². The second-order valence-electron chi connectivity index (χ2n) is 4.22. The number of carbonyl (C=O) groups excluding carboxylic acids is 1. The molecule has 108 valence electrons. The lowest BCUT2D eigenvalue weighted by Crippen LogP contribution is -2.42. The van der Waals surface area contributed by atoms with Crippen LogP contribution in [0.4, 0.5) is 0 Å². The van der Waals surface area contributed by atoms with Gasteiger partial charge in [0.25, 0.3) is 0 Å². The molecule has 3 N–H and O–H groups in total. The molecule has 5 nitrogen and oxygen atoms in total. The van der Waals surface area contributed by atoms with Crippen LogP contribution in [0.25, 0.3) is 0 Å². The monoisotopic (exact) mass is 281 g/mol. The van der Waals surface area contributed by atoms with Gasteiger partial charge in [-0.2, -0.15) is 0 Å². The van der Waals surface area contributed by atoms with Crippen molar-refractivity contribution in [3.05, 3.63) is 0 Å². The number of hydrogen-bond donors (Lipinski definition) is 2. The molecule has 18 heavy (non-hydrogen) atoms. The fourth-order valence-corrected chi connectivity index (χ4v) is 1.41. The maximum Gasteiger partial charge on any atom is 0.324 e. The van der Waals surface area contributed by atoms with Crippen LogP contribution in [0.15, 0.2) is 0 Å². The molecule has 2 atom stereocenters. The predicted octanol–water partition coefficient (Wildman–Crippen LogP) is 2.11. The average molecular weight is 282 g/mol. The zero-order chi connectivity index (χ0) is 13.3. The molecular formula is C12H24ClNO4. The first-order valence-corrected chi connectivity index (χ1v) is 6.17. The first-order valence-electron chi connectivity index (χ1n) is 6.17. The van der Waals surface area contributed by atoms with E-state index in [-0.39, 0.29) is 18.4 Å². The van der Waals surface area contributed by atoms with Gasteiger partial charge in [0.1, 0.15) is 12.1 Å². The summed E-state index contributed by atoms with van der Waals surface area (Å²) in [5, 5.41) is 8.62. The molecular weight excluding hydrogens is 258 g/mol. The fraction of sp³-hybridized carbons (Fsp3) is 0.833. The van der Waals surface area contributed by atoms with Crippen molar-refractivity contribution in [3.63, 3.8) is 0 Å². The maximum absolute atomic E-state index is 11.3. The number of aliphatic carboxylic acids is 1. The Balaban J connectivity index is 0. The minimum Gasteiger partial charge on any atom is -0.480 e. The summed E-state index contributed by atoms with van der Waals surface area (Å²) in [6, 6.07) is -1.15. The van der Waals surface area contributed by atoms with Crippen LogP contribution in [-0.2, 0) is 14.3 Å². The van der Waals surface area contributed by atoms with E-state index < -0.39 is 18.1 Å². The first kappa shape index (κ1) is 19.5. The number of carboxylic acids is 1. The van der Waals surface area contributed by atoms with Gasteiger partial charge in [-0.25, -0.2) is 0 Å². The van der Waals surface area contributed by atoms with Gasteiger partial charge >= 0.3 is 11.9 Å². The normalized spacial score (nSPS) is 13.3. The minimum atomic E-state index is -1.16. The smallest absolute Gasteiger partial charge is 0.324 e. The molecule has 0 aromatic rings. The summed E-state index contributed by atoms with van der Waals surface area (Å²) in [7, 11) is 0. The zero-order valence-electron chi connectivity index (χ0n) is 11.1. The Bertz CT molecular complexity index is 248. The molecule has 0 bridgehead atoms. The fourth-order valence-electron chi connectivity index (χ4n) is 1.41. The van der Waals surface area contributed by atoms with Crippen molar-refractivity contribution >= 4 is 24.3 Å². The van der Waals surface area contributed by atoms with Crippen LogP contribution >= 0.6 is 12.4 Å². The average Bonchev–Trinajstić information content (AvgIpc) is 2.27. The molecule has 0 unspecified atom stereocenters. The summed E-state index contributed by atoms with van der Waals surface area (Å²) >= 11 is 0.